The maximum Gasteiger partial charge on any atom is 0.289 e. The van der Waals surface area contributed by atoms with Crippen LogP contribution in [-0.4, -0.2) is 29.3 Å². The molecule has 2 rings (SSSR count). The maximum absolute atomic E-state index is 13.7. The fourth-order valence-corrected chi connectivity index (χ4v) is 2.78. The SMILES string of the molecule is CN(CC(=O)Nc1ccc(Cl)c([N+](=O)[O-])c1)Cc1cc(Br)ccc1F. The van der Waals surface area contributed by atoms with Crippen molar-refractivity contribution < 1.29 is 14.1 Å². The summed E-state index contributed by atoms with van der Waals surface area (Å²) in [5.41, 5.74) is 0.430. The van der Waals surface area contributed by atoms with Crippen molar-refractivity contribution in [1.82, 2.24) is 4.90 Å². The van der Waals surface area contributed by atoms with E-state index in [0.717, 1.165) is 4.47 Å². The van der Waals surface area contributed by atoms with Crippen LogP contribution in [0.15, 0.2) is 40.9 Å². The summed E-state index contributed by atoms with van der Waals surface area (Å²) in [6, 6.07) is 8.59. The molecule has 0 heterocycles. The lowest BCUT2D eigenvalue weighted by atomic mass is 10.2. The van der Waals surface area contributed by atoms with Crippen molar-refractivity contribution in [3.8, 4) is 0 Å². The van der Waals surface area contributed by atoms with Crippen molar-refractivity contribution in [2.24, 2.45) is 0 Å². The molecule has 2 aromatic rings. The zero-order valence-corrected chi connectivity index (χ0v) is 15.5. The van der Waals surface area contributed by atoms with Crippen molar-refractivity contribution in [1.29, 1.82) is 0 Å². The third-order valence-electron chi connectivity index (χ3n) is 3.29. The highest BCUT2D eigenvalue weighted by Crippen LogP contribution is 2.27. The Bertz CT molecular complexity index is 819. The van der Waals surface area contributed by atoms with Crippen LogP contribution in [-0.2, 0) is 11.3 Å². The van der Waals surface area contributed by atoms with Gasteiger partial charge in [-0.1, -0.05) is 27.5 Å². The normalized spacial score (nSPS) is 10.8. The summed E-state index contributed by atoms with van der Waals surface area (Å²) < 4.78 is 14.5. The first-order valence-electron chi connectivity index (χ1n) is 7.12. The molecular weight excluding hydrogens is 417 g/mol. The number of hydrogen-bond acceptors (Lipinski definition) is 4. The number of nitrogens with zero attached hydrogens (tertiary/aromatic N) is 2. The lowest BCUT2D eigenvalue weighted by molar-refractivity contribution is -0.384. The first-order valence-corrected chi connectivity index (χ1v) is 8.29. The molecule has 0 unspecified atom stereocenters. The van der Waals surface area contributed by atoms with Crippen LogP contribution in [0.1, 0.15) is 5.56 Å². The highest BCUT2D eigenvalue weighted by molar-refractivity contribution is 9.10. The first-order chi connectivity index (χ1) is 11.8. The molecule has 0 saturated heterocycles. The number of carbonyl (C=O) groups is 1. The molecule has 1 N–H and O–H groups in total. The summed E-state index contributed by atoms with van der Waals surface area (Å²) in [6.45, 7) is 0.224. The lowest BCUT2D eigenvalue weighted by Gasteiger charge is -2.17. The predicted molar refractivity (Wildman–Crippen MR) is 97.2 cm³/mol. The van der Waals surface area contributed by atoms with E-state index < -0.39 is 4.92 Å². The van der Waals surface area contributed by atoms with Crippen LogP contribution in [0.2, 0.25) is 5.02 Å². The number of nitro groups is 1. The molecule has 132 valence electrons. The van der Waals surface area contributed by atoms with E-state index >= 15 is 0 Å². The molecular formula is C16H14BrClFN3O3. The topological polar surface area (TPSA) is 75.5 Å². The van der Waals surface area contributed by atoms with Crippen LogP contribution in [0.3, 0.4) is 0 Å². The fraction of sp³-hybridized carbons (Fsp3) is 0.188. The Kier molecular flexibility index (Phi) is 6.46. The molecule has 0 aliphatic heterocycles. The van der Waals surface area contributed by atoms with Crippen molar-refractivity contribution >= 4 is 44.8 Å². The Balaban J connectivity index is 1.99. The molecule has 2 aromatic carbocycles. The monoisotopic (exact) mass is 429 g/mol. The average Bonchev–Trinajstić information content (AvgIpc) is 2.52. The van der Waals surface area contributed by atoms with Gasteiger partial charge in [-0.25, -0.2) is 4.39 Å². The minimum Gasteiger partial charge on any atom is -0.325 e. The molecule has 0 aliphatic carbocycles. The standard InChI is InChI=1S/C16H14BrClFN3O3/c1-21(8-10-6-11(17)2-5-14(10)19)9-16(23)20-12-3-4-13(18)15(7-12)22(24)25/h2-7H,8-9H2,1H3,(H,20,23). The molecule has 6 nitrogen and oxygen atoms in total. The highest BCUT2D eigenvalue weighted by Gasteiger charge is 2.15. The summed E-state index contributed by atoms with van der Waals surface area (Å²) in [5.74, 6) is -0.738. The van der Waals surface area contributed by atoms with Crippen molar-refractivity contribution in [2.75, 3.05) is 18.9 Å². The molecule has 25 heavy (non-hydrogen) atoms. The first kappa shape index (κ1) is 19.3. The van der Waals surface area contributed by atoms with Gasteiger partial charge in [0.2, 0.25) is 5.91 Å². The van der Waals surface area contributed by atoms with Gasteiger partial charge in [0.15, 0.2) is 0 Å². The van der Waals surface area contributed by atoms with Gasteiger partial charge >= 0.3 is 0 Å². The van der Waals surface area contributed by atoms with Crippen molar-refractivity contribution in [3.63, 3.8) is 0 Å². The fourth-order valence-electron chi connectivity index (χ4n) is 2.19. The number of nitro benzene ring substituents is 1. The third-order valence-corrected chi connectivity index (χ3v) is 4.10. The number of benzene rings is 2. The smallest absolute Gasteiger partial charge is 0.289 e. The van der Waals surface area contributed by atoms with Crippen molar-refractivity contribution in [2.45, 2.75) is 6.54 Å². The quantitative estimate of drug-likeness (QED) is 0.550. The highest BCUT2D eigenvalue weighted by atomic mass is 79.9. The van der Waals surface area contributed by atoms with E-state index in [1.807, 2.05) is 0 Å². The molecule has 9 heteroatoms. The maximum atomic E-state index is 13.7. The van der Waals surface area contributed by atoms with Gasteiger partial charge in [0, 0.05) is 28.3 Å². The van der Waals surface area contributed by atoms with Gasteiger partial charge in [-0.15, -0.1) is 0 Å². The lowest BCUT2D eigenvalue weighted by Crippen LogP contribution is -2.30. The van der Waals surface area contributed by atoms with E-state index in [1.54, 1.807) is 24.1 Å². The molecule has 0 aliphatic rings. The molecule has 0 atom stereocenters. The summed E-state index contributed by atoms with van der Waals surface area (Å²) in [6.07, 6.45) is 0. The van der Waals surface area contributed by atoms with Gasteiger partial charge in [-0.3, -0.25) is 19.8 Å². The Morgan fingerprint density at radius 2 is 2.08 bits per heavy atom. The van der Waals surface area contributed by atoms with Crippen LogP contribution in [0.4, 0.5) is 15.8 Å². The molecule has 0 radical (unpaired) electrons. The number of hydrogen-bond donors (Lipinski definition) is 1. The third kappa shape index (κ3) is 5.48. The van der Waals surface area contributed by atoms with E-state index in [4.69, 9.17) is 11.6 Å². The summed E-state index contributed by atoms with van der Waals surface area (Å²) in [5, 5.41) is 13.4. The van der Waals surface area contributed by atoms with Gasteiger partial charge in [-0.2, -0.15) is 0 Å². The van der Waals surface area contributed by atoms with Gasteiger partial charge in [-0.05, 0) is 37.4 Å². The largest absolute Gasteiger partial charge is 0.325 e. The second-order valence-electron chi connectivity index (χ2n) is 5.38. The van der Waals surface area contributed by atoms with Gasteiger partial charge < -0.3 is 5.32 Å². The van der Waals surface area contributed by atoms with Gasteiger partial charge in [0.1, 0.15) is 10.8 Å². The van der Waals surface area contributed by atoms with Gasteiger partial charge in [0.05, 0.1) is 11.5 Å². The zero-order chi connectivity index (χ0) is 18.6. The molecule has 0 saturated carbocycles. The predicted octanol–water partition coefficient (Wildman–Crippen LogP) is 4.22. The van der Waals surface area contributed by atoms with Crippen molar-refractivity contribution in [3.05, 3.63) is 67.4 Å². The van der Waals surface area contributed by atoms with E-state index in [0.29, 0.717) is 5.56 Å². The number of halogens is 3. The van der Waals surface area contributed by atoms with Gasteiger partial charge in [0.25, 0.3) is 5.69 Å². The number of amides is 1. The van der Waals surface area contributed by atoms with E-state index in [-0.39, 0.29) is 41.2 Å². The summed E-state index contributed by atoms with van der Waals surface area (Å²) >= 11 is 9.00. The van der Waals surface area contributed by atoms with Crippen LogP contribution >= 0.6 is 27.5 Å². The molecule has 0 aromatic heterocycles. The van der Waals surface area contributed by atoms with Crippen LogP contribution < -0.4 is 5.32 Å². The number of rotatable bonds is 6. The van der Waals surface area contributed by atoms with E-state index in [9.17, 15) is 19.3 Å². The number of nitrogens with one attached hydrogen (secondary N) is 1. The van der Waals surface area contributed by atoms with Crippen LogP contribution in [0, 0.1) is 15.9 Å². The van der Waals surface area contributed by atoms with E-state index in [2.05, 4.69) is 21.2 Å². The minimum absolute atomic E-state index is 0.00903. The second-order valence-corrected chi connectivity index (χ2v) is 6.70. The number of anilines is 1. The second kappa shape index (κ2) is 8.37. The zero-order valence-electron chi connectivity index (χ0n) is 13.1. The summed E-state index contributed by atoms with van der Waals surface area (Å²) in [7, 11) is 1.67. The van der Waals surface area contributed by atoms with E-state index in [1.165, 1.54) is 24.3 Å². The molecule has 1 amide bonds. The minimum atomic E-state index is -0.625. The number of carbonyl (C=O) groups excluding carboxylic acids is 1. The average molecular weight is 431 g/mol. The summed E-state index contributed by atoms with van der Waals surface area (Å²) in [4.78, 5) is 23.9. The van der Waals surface area contributed by atoms with Crippen LogP contribution in [0.5, 0.6) is 0 Å². The Hall–Kier alpha value is -2.03. The number of likely N-dealkylation sites (N-methyl/N-ethyl adjacent to an activating group) is 1. The molecule has 0 bridgehead atoms. The molecule has 0 fully saturated rings. The Morgan fingerprint density at radius 3 is 2.76 bits per heavy atom. The Labute approximate surface area is 156 Å². The Morgan fingerprint density at radius 1 is 1.36 bits per heavy atom. The van der Waals surface area contributed by atoms with Crippen LogP contribution in [0.25, 0.3) is 0 Å². The molecule has 0 spiro atoms.